The summed E-state index contributed by atoms with van der Waals surface area (Å²) in [4.78, 5) is 11.1. The smallest absolute Gasteiger partial charge is 0.246 e. The number of likely N-dealkylation sites (N-methyl/N-ethyl adjacent to an activating group) is 1. The Morgan fingerprint density at radius 2 is 2.00 bits per heavy atom. The fourth-order valence-corrected chi connectivity index (χ4v) is 1.18. The molecule has 0 bridgehead atoms. The van der Waals surface area contributed by atoms with Gasteiger partial charge in [-0.05, 0) is 19.8 Å². The molecule has 0 radical (unpaired) electrons. The number of hydrogen-bond acceptors (Lipinski definition) is 1. The monoisotopic (exact) mass is 183 g/mol. The third-order valence-corrected chi connectivity index (χ3v) is 2.09. The Hall–Kier alpha value is -0.790. The zero-order valence-electron chi connectivity index (χ0n) is 9.02. The summed E-state index contributed by atoms with van der Waals surface area (Å²) in [5.74, 6) is 0.0375. The molecule has 1 amide bonds. The molecule has 2 nitrogen and oxygen atoms in total. The maximum absolute atomic E-state index is 11.1. The van der Waals surface area contributed by atoms with Gasteiger partial charge in [-0.15, -0.1) is 0 Å². The lowest BCUT2D eigenvalue weighted by Gasteiger charge is -1.99. The molecule has 13 heavy (non-hydrogen) atoms. The van der Waals surface area contributed by atoms with Gasteiger partial charge < -0.3 is 5.32 Å². The van der Waals surface area contributed by atoms with Crippen LogP contribution in [0, 0.1) is 0 Å². The molecule has 0 aliphatic heterocycles. The van der Waals surface area contributed by atoms with Crippen LogP contribution in [0.25, 0.3) is 0 Å². The van der Waals surface area contributed by atoms with E-state index in [4.69, 9.17) is 0 Å². The summed E-state index contributed by atoms with van der Waals surface area (Å²) < 4.78 is 0. The first kappa shape index (κ1) is 12.2. The van der Waals surface area contributed by atoms with E-state index in [2.05, 4.69) is 12.2 Å². The third-order valence-electron chi connectivity index (χ3n) is 2.09. The van der Waals surface area contributed by atoms with Crippen molar-refractivity contribution in [2.75, 3.05) is 7.05 Å². The van der Waals surface area contributed by atoms with E-state index < -0.39 is 0 Å². The van der Waals surface area contributed by atoms with Crippen LogP contribution in [0.15, 0.2) is 11.6 Å². The molecule has 0 unspecified atom stereocenters. The first-order valence-corrected chi connectivity index (χ1v) is 5.11. The maximum Gasteiger partial charge on any atom is 0.246 e. The van der Waals surface area contributed by atoms with Gasteiger partial charge in [0, 0.05) is 12.6 Å². The van der Waals surface area contributed by atoms with Crippen LogP contribution in [0.4, 0.5) is 0 Å². The lowest BCUT2D eigenvalue weighted by Crippen LogP contribution is -2.18. The maximum atomic E-state index is 11.1. The Bertz CT molecular complexity index is 173. The SMILES string of the molecule is CCCCCC/C=C(/C)C(=O)NC. The molecule has 0 aromatic rings. The molecule has 2 heteroatoms. The van der Waals surface area contributed by atoms with Crippen LogP contribution in [0.5, 0.6) is 0 Å². The van der Waals surface area contributed by atoms with Crippen LogP contribution in [0.2, 0.25) is 0 Å². The molecule has 1 N–H and O–H groups in total. The van der Waals surface area contributed by atoms with E-state index in [0.29, 0.717) is 0 Å². The van der Waals surface area contributed by atoms with Crippen LogP contribution in [0.3, 0.4) is 0 Å². The van der Waals surface area contributed by atoms with Crippen molar-refractivity contribution < 1.29 is 4.79 Å². The zero-order valence-corrected chi connectivity index (χ0v) is 9.02. The second-order valence-corrected chi connectivity index (χ2v) is 3.32. The molecule has 0 saturated heterocycles. The predicted octanol–water partition coefficient (Wildman–Crippen LogP) is 2.65. The summed E-state index contributed by atoms with van der Waals surface area (Å²) in [6, 6.07) is 0. The summed E-state index contributed by atoms with van der Waals surface area (Å²) in [5.41, 5.74) is 0.832. The van der Waals surface area contributed by atoms with Gasteiger partial charge in [-0.1, -0.05) is 32.3 Å². The lowest BCUT2D eigenvalue weighted by molar-refractivity contribution is -0.117. The number of rotatable bonds is 6. The topological polar surface area (TPSA) is 29.1 Å². The van der Waals surface area contributed by atoms with Crippen molar-refractivity contribution in [2.24, 2.45) is 0 Å². The fourth-order valence-electron chi connectivity index (χ4n) is 1.18. The highest BCUT2D eigenvalue weighted by Crippen LogP contribution is 2.05. The van der Waals surface area contributed by atoms with Gasteiger partial charge in [-0.2, -0.15) is 0 Å². The van der Waals surface area contributed by atoms with Crippen LogP contribution < -0.4 is 5.32 Å². The molecule has 0 heterocycles. The summed E-state index contributed by atoms with van der Waals surface area (Å²) in [5, 5.41) is 2.61. The number of carbonyl (C=O) groups is 1. The molecule has 0 atom stereocenters. The van der Waals surface area contributed by atoms with Crippen LogP contribution >= 0.6 is 0 Å². The van der Waals surface area contributed by atoms with Gasteiger partial charge in [-0.25, -0.2) is 0 Å². The molecular formula is C11H21NO. The van der Waals surface area contributed by atoms with Gasteiger partial charge in [0.1, 0.15) is 0 Å². The quantitative estimate of drug-likeness (QED) is 0.498. The number of hydrogen-bond donors (Lipinski definition) is 1. The van der Waals surface area contributed by atoms with Gasteiger partial charge in [0.05, 0.1) is 0 Å². The van der Waals surface area contributed by atoms with E-state index in [1.54, 1.807) is 7.05 Å². The zero-order chi connectivity index (χ0) is 10.1. The Kier molecular flexibility index (Phi) is 7.36. The minimum Gasteiger partial charge on any atom is -0.355 e. The number of nitrogens with one attached hydrogen (secondary N) is 1. The lowest BCUT2D eigenvalue weighted by atomic mass is 10.1. The number of allylic oxidation sites excluding steroid dienone is 1. The highest BCUT2D eigenvalue weighted by atomic mass is 16.1. The molecule has 0 rings (SSSR count). The van der Waals surface area contributed by atoms with Crippen LogP contribution in [0.1, 0.15) is 46.0 Å². The molecule has 0 aromatic carbocycles. The first-order chi connectivity index (χ1) is 6.22. The van der Waals surface area contributed by atoms with Gasteiger partial charge in [-0.3, -0.25) is 4.79 Å². The average molecular weight is 183 g/mol. The number of unbranched alkanes of at least 4 members (excludes halogenated alkanes) is 4. The van der Waals surface area contributed by atoms with E-state index >= 15 is 0 Å². The molecular weight excluding hydrogens is 162 g/mol. The van der Waals surface area contributed by atoms with Crippen molar-refractivity contribution >= 4 is 5.91 Å². The van der Waals surface area contributed by atoms with Crippen molar-refractivity contribution in [1.29, 1.82) is 0 Å². The van der Waals surface area contributed by atoms with Gasteiger partial charge >= 0.3 is 0 Å². The minimum absolute atomic E-state index is 0.0375. The van der Waals surface area contributed by atoms with Gasteiger partial charge in [0.25, 0.3) is 0 Å². The van der Waals surface area contributed by atoms with Crippen molar-refractivity contribution in [3.63, 3.8) is 0 Å². The summed E-state index contributed by atoms with van der Waals surface area (Å²) in [7, 11) is 1.66. The molecule has 0 spiro atoms. The van der Waals surface area contributed by atoms with Crippen molar-refractivity contribution in [2.45, 2.75) is 46.0 Å². The minimum atomic E-state index is 0.0375. The largest absolute Gasteiger partial charge is 0.355 e. The Morgan fingerprint density at radius 1 is 1.31 bits per heavy atom. The van der Waals surface area contributed by atoms with E-state index in [1.165, 1.54) is 25.7 Å². The average Bonchev–Trinajstić information content (AvgIpc) is 2.16. The molecule has 0 aliphatic rings. The molecule has 0 saturated carbocycles. The molecule has 0 fully saturated rings. The molecule has 0 aromatic heterocycles. The Labute approximate surface area is 81.4 Å². The Morgan fingerprint density at radius 3 is 2.54 bits per heavy atom. The summed E-state index contributed by atoms with van der Waals surface area (Å²) in [6.45, 7) is 4.06. The van der Waals surface area contributed by atoms with E-state index in [9.17, 15) is 4.79 Å². The summed E-state index contributed by atoms with van der Waals surface area (Å²) in [6.07, 6.45) is 8.08. The molecule has 0 aliphatic carbocycles. The number of carbonyl (C=O) groups excluding carboxylic acids is 1. The summed E-state index contributed by atoms with van der Waals surface area (Å²) >= 11 is 0. The van der Waals surface area contributed by atoms with Crippen molar-refractivity contribution in [1.82, 2.24) is 5.32 Å². The van der Waals surface area contributed by atoms with Gasteiger partial charge in [0.2, 0.25) is 5.91 Å². The standard InChI is InChI=1S/C11H21NO/c1-4-5-6-7-8-9-10(2)11(13)12-3/h9H,4-8H2,1-3H3,(H,12,13)/b10-9-. The third kappa shape index (κ3) is 6.38. The van der Waals surface area contributed by atoms with E-state index in [1.807, 2.05) is 13.0 Å². The predicted molar refractivity (Wildman–Crippen MR) is 56.6 cm³/mol. The van der Waals surface area contributed by atoms with Crippen molar-refractivity contribution in [3.8, 4) is 0 Å². The van der Waals surface area contributed by atoms with Crippen molar-refractivity contribution in [3.05, 3.63) is 11.6 Å². The number of amides is 1. The van der Waals surface area contributed by atoms with E-state index in [-0.39, 0.29) is 5.91 Å². The van der Waals surface area contributed by atoms with Crippen LogP contribution in [-0.4, -0.2) is 13.0 Å². The van der Waals surface area contributed by atoms with E-state index in [0.717, 1.165) is 12.0 Å². The van der Waals surface area contributed by atoms with Gasteiger partial charge in [0.15, 0.2) is 0 Å². The molecule has 76 valence electrons. The highest BCUT2D eigenvalue weighted by molar-refractivity contribution is 5.92. The Balaban J connectivity index is 3.53. The first-order valence-electron chi connectivity index (χ1n) is 5.11. The van der Waals surface area contributed by atoms with Crippen LogP contribution in [-0.2, 0) is 4.79 Å². The normalized spacial score (nSPS) is 11.5. The second-order valence-electron chi connectivity index (χ2n) is 3.32. The highest BCUT2D eigenvalue weighted by Gasteiger charge is 1.98. The second kappa shape index (κ2) is 7.84. The fraction of sp³-hybridized carbons (Fsp3) is 0.727.